The molecule has 158 valence electrons. The second-order valence-electron chi connectivity index (χ2n) is 6.97. The Labute approximate surface area is 172 Å². The largest absolute Gasteiger partial charge is 0.490 e. The van der Waals surface area contributed by atoms with Gasteiger partial charge >= 0.3 is 0 Å². The summed E-state index contributed by atoms with van der Waals surface area (Å²) < 4.78 is 35.2. The molecule has 1 atom stereocenters. The number of halogens is 1. The van der Waals surface area contributed by atoms with Crippen LogP contribution in [0.4, 0.5) is 0 Å². The monoisotopic (exact) mass is 432 g/mol. The third-order valence-electron chi connectivity index (χ3n) is 4.49. The smallest absolute Gasteiger partial charge is 0.268 e. The van der Waals surface area contributed by atoms with Gasteiger partial charge in [0.1, 0.15) is 0 Å². The summed E-state index contributed by atoms with van der Waals surface area (Å²) in [4.78, 5) is 13.2. The maximum absolute atomic E-state index is 13.2. The van der Waals surface area contributed by atoms with E-state index >= 15 is 0 Å². The minimum absolute atomic E-state index is 0.0405. The van der Waals surface area contributed by atoms with E-state index in [1.165, 1.54) is 5.01 Å². The number of unbranched alkanes of at least 4 members (excludes halogenated alkanes) is 1. The fourth-order valence-electron chi connectivity index (χ4n) is 3.19. The van der Waals surface area contributed by atoms with Crippen molar-refractivity contribution in [1.82, 2.24) is 10.0 Å². The first-order chi connectivity index (χ1) is 13.2. The zero-order valence-corrected chi connectivity index (χ0v) is 18.5. The third-order valence-corrected chi connectivity index (χ3v) is 6.53. The quantitative estimate of drug-likeness (QED) is 0.441. The standard InChI is InChI=1S/C19H29ClN2O5S/c1-5-7-9-27-18-16(20)11-14(12-17(18)26-6-2)19(23)22(21(3)4)15-8-10-28(24,25)13-15/h11-12,15H,5-10,13H2,1-4H3. The lowest BCUT2D eigenvalue weighted by Crippen LogP contribution is -2.49. The summed E-state index contributed by atoms with van der Waals surface area (Å²) in [5.41, 5.74) is 0.328. The number of amides is 1. The lowest BCUT2D eigenvalue weighted by atomic mass is 10.1. The van der Waals surface area contributed by atoms with Gasteiger partial charge in [0.05, 0.1) is 35.8 Å². The van der Waals surface area contributed by atoms with Crippen molar-refractivity contribution in [3.8, 4) is 11.5 Å². The fourth-order valence-corrected chi connectivity index (χ4v) is 5.14. The number of hydrogen-bond donors (Lipinski definition) is 0. The van der Waals surface area contributed by atoms with Crippen LogP contribution in [0.5, 0.6) is 11.5 Å². The molecule has 1 unspecified atom stereocenters. The molecule has 1 aliphatic heterocycles. The van der Waals surface area contributed by atoms with E-state index in [1.54, 1.807) is 31.2 Å². The van der Waals surface area contributed by atoms with Crippen LogP contribution < -0.4 is 9.47 Å². The van der Waals surface area contributed by atoms with Gasteiger partial charge in [0.15, 0.2) is 21.3 Å². The lowest BCUT2D eigenvalue weighted by Gasteiger charge is -2.34. The second-order valence-corrected chi connectivity index (χ2v) is 9.61. The molecule has 1 fully saturated rings. The van der Waals surface area contributed by atoms with E-state index in [9.17, 15) is 13.2 Å². The predicted octanol–water partition coefficient (Wildman–Crippen LogP) is 3.02. The van der Waals surface area contributed by atoms with Crippen LogP contribution in [-0.2, 0) is 9.84 Å². The predicted molar refractivity (Wildman–Crippen MR) is 110 cm³/mol. The molecule has 2 rings (SSSR count). The van der Waals surface area contributed by atoms with E-state index in [0.29, 0.717) is 41.7 Å². The van der Waals surface area contributed by atoms with Crippen LogP contribution in [0.25, 0.3) is 0 Å². The van der Waals surface area contributed by atoms with Gasteiger partial charge in [0, 0.05) is 19.7 Å². The number of ether oxygens (including phenoxy) is 2. The Balaban J connectivity index is 2.34. The molecule has 1 aromatic rings. The van der Waals surface area contributed by atoms with Gasteiger partial charge in [-0.2, -0.15) is 0 Å². The maximum atomic E-state index is 13.2. The van der Waals surface area contributed by atoms with Crippen LogP contribution in [0.15, 0.2) is 12.1 Å². The molecule has 1 saturated heterocycles. The van der Waals surface area contributed by atoms with Crippen molar-refractivity contribution in [2.75, 3.05) is 38.8 Å². The average Bonchev–Trinajstić information content (AvgIpc) is 2.96. The van der Waals surface area contributed by atoms with Crippen molar-refractivity contribution in [3.63, 3.8) is 0 Å². The zero-order valence-electron chi connectivity index (χ0n) is 16.9. The van der Waals surface area contributed by atoms with Crippen LogP contribution in [0.3, 0.4) is 0 Å². The Morgan fingerprint density at radius 3 is 2.50 bits per heavy atom. The molecule has 1 aromatic carbocycles. The Morgan fingerprint density at radius 1 is 1.25 bits per heavy atom. The number of hydrogen-bond acceptors (Lipinski definition) is 6. The highest BCUT2D eigenvalue weighted by Gasteiger charge is 2.36. The Bertz CT molecular complexity index is 798. The normalized spacial score (nSPS) is 18.3. The van der Waals surface area contributed by atoms with E-state index < -0.39 is 15.9 Å². The van der Waals surface area contributed by atoms with E-state index in [4.69, 9.17) is 21.1 Å². The summed E-state index contributed by atoms with van der Waals surface area (Å²) in [7, 11) is 0.311. The van der Waals surface area contributed by atoms with Crippen molar-refractivity contribution in [2.45, 2.75) is 39.2 Å². The number of rotatable bonds is 9. The van der Waals surface area contributed by atoms with Crippen molar-refractivity contribution in [1.29, 1.82) is 0 Å². The zero-order chi connectivity index (χ0) is 20.9. The van der Waals surface area contributed by atoms with E-state index in [1.807, 2.05) is 6.92 Å². The average molecular weight is 433 g/mol. The molecule has 0 aromatic heterocycles. The summed E-state index contributed by atoms with van der Waals surface area (Å²) in [6.45, 7) is 4.81. The number of sulfone groups is 1. The molecule has 0 aliphatic carbocycles. The van der Waals surface area contributed by atoms with Gasteiger partial charge in [-0.05, 0) is 31.9 Å². The fraction of sp³-hybridized carbons (Fsp3) is 0.632. The summed E-state index contributed by atoms with van der Waals surface area (Å²) in [6.07, 6.45) is 2.28. The first kappa shape index (κ1) is 22.8. The van der Waals surface area contributed by atoms with Crippen molar-refractivity contribution in [3.05, 3.63) is 22.7 Å². The first-order valence-electron chi connectivity index (χ1n) is 9.50. The van der Waals surface area contributed by atoms with E-state index in [-0.39, 0.29) is 17.4 Å². The molecule has 0 radical (unpaired) electrons. The van der Waals surface area contributed by atoms with Gasteiger partial charge in [-0.3, -0.25) is 9.80 Å². The van der Waals surface area contributed by atoms with Crippen LogP contribution in [0, 0.1) is 0 Å². The van der Waals surface area contributed by atoms with Gasteiger partial charge in [-0.1, -0.05) is 24.9 Å². The number of hydrazine groups is 1. The molecule has 1 aliphatic rings. The lowest BCUT2D eigenvalue weighted by molar-refractivity contribution is 0.000974. The van der Waals surface area contributed by atoms with Crippen LogP contribution in [-0.4, -0.2) is 69.2 Å². The Hall–Kier alpha value is -1.51. The number of benzene rings is 1. The third kappa shape index (κ3) is 5.52. The number of nitrogens with zero attached hydrogens (tertiary/aromatic N) is 2. The molecule has 28 heavy (non-hydrogen) atoms. The molecule has 0 spiro atoms. The van der Waals surface area contributed by atoms with E-state index in [0.717, 1.165) is 12.8 Å². The summed E-state index contributed by atoms with van der Waals surface area (Å²) >= 11 is 6.40. The molecule has 1 amide bonds. The molecule has 0 N–H and O–H groups in total. The number of carbonyl (C=O) groups is 1. The van der Waals surface area contributed by atoms with Crippen molar-refractivity contribution >= 4 is 27.3 Å². The Kier molecular flexibility index (Phi) is 7.97. The van der Waals surface area contributed by atoms with Crippen LogP contribution in [0.2, 0.25) is 5.02 Å². The Morgan fingerprint density at radius 2 is 1.96 bits per heavy atom. The van der Waals surface area contributed by atoms with Gasteiger partial charge < -0.3 is 9.47 Å². The van der Waals surface area contributed by atoms with E-state index in [2.05, 4.69) is 6.92 Å². The molecular formula is C19H29ClN2O5S. The molecule has 0 saturated carbocycles. The van der Waals surface area contributed by atoms with Crippen molar-refractivity contribution in [2.24, 2.45) is 0 Å². The molecular weight excluding hydrogens is 404 g/mol. The van der Waals surface area contributed by atoms with Gasteiger partial charge in [0.2, 0.25) is 0 Å². The summed E-state index contributed by atoms with van der Waals surface area (Å²) in [6, 6.07) is 2.76. The molecule has 9 heteroatoms. The first-order valence-corrected chi connectivity index (χ1v) is 11.7. The second kappa shape index (κ2) is 9.80. The van der Waals surface area contributed by atoms with Crippen LogP contribution in [0.1, 0.15) is 43.5 Å². The number of carbonyl (C=O) groups excluding carboxylic acids is 1. The van der Waals surface area contributed by atoms with Gasteiger partial charge in [-0.15, -0.1) is 0 Å². The molecule has 7 nitrogen and oxygen atoms in total. The minimum Gasteiger partial charge on any atom is -0.490 e. The molecule has 0 bridgehead atoms. The highest BCUT2D eigenvalue weighted by Crippen LogP contribution is 2.37. The molecule has 1 heterocycles. The van der Waals surface area contributed by atoms with Gasteiger partial charge in [-0.25, -0.2) is 13.4 Å². The van der Waals surface area contributed by atoms with Gasteiger partial charge in [0.25, 0.3) is 5.91 Å². The highest BCUT2D eigenvalue weighted by atomic mass is 35.5. The maximum Gasteiger partial charge on any atom is 0.268 e. The summed E-state index contributed by atoms with van der Waals surface area (Å²) in [5.74, 6) is 0.557. The topological polar surface area (TPSA) is 76.2 Å². The summed E-state index contributed by atoms with van der Waals surface area (Å²) in [5, 5.41) is 3.39. The minimum atomic E-state index is -3.13. The van der Waals surface area contributed by atoms with Crippen LogP contribution >= 0.6 is 11.6 Å². The highest BCUT2D eigenvalue weighted by molar-refractivity contribution is 7.91. The SMILES string of the molecule is CCCCOc1c(Cl)cc(C(=O)N(C2CCS(=O)(=O)C2)N(C)C)cc1OCC. The van der Waals surface area contributed by atoms with Crippen molar-refractivity contribution < 1.29 is 22.7 Å².